The molecule has 1 rings (SSSR count). The Balaban J connectivity index is 2.60. The Kier molecular flexibility index (Phi) is 10.3. The molecule has 126 valence electrons. The highest BCUT2D eigenvalue weighted by atomic mass is 16.3. The Morgan fingerprint density at radius 1 is 1.00 bits per heavy atom. The van der Waals surface area contributed by atoms with Gasteiger partial charge in [0.1, 0.15) is 5.60 Å². The standard InChI is InChI=1S/C21H36O/c1-3-4-5-13-16-19-21(2,22)20-17-14-11-9-7-6-8-10-12-15-18-20/h17,22H,3-15,18H2,1-2H3/b20-17+. The Hall–Kier alpha value is -0.740. The van der Waals surface area contributed by atoms with Crippen LogP contribution in [0.25, 0.3) is 0 Å². The summed E-state index contributed by atoms with van der Waals surface area (Å²) in [6.45, 7) is 4.09. The van der Waals surface area contributed by atoms with Gasteiger partial charge in [-0.15, -0.1) is 0 Å². The molecule has 0 fully saturated rings. The Morgan fingerprint density at radius 3 is 2.32 bits per heavy atom. The summed E-state index contributed by atoms with van der Waals surface area (Å²) in [5.74, 6) is 6.34. The van der Waals surface area contributed by atoms with Gasteiger partial charge in [-0.1, -0.05) is 76.2 Å². The maximum Gasteiger partial charge on any atom is 0.144 e. The molecule has 0 radical (unpaired) electrons. The average molecular weight is 305 g/mol. The van der Waals surface area contributed by atoms with Crippen molar-refractivity contribution in [3.8, 4) is 11.8 Å². The van der Waals surface area contributed by atoms with E-state index >= 15 is 0 Å². The van der Waals surface area contributed by atoms with Crippen LogP contribution in [0.3, 0.4) is 0 Å². The summed E-state index contributed by atoms with van der Waals surface area (Å²) < 4.78 is 0. The summed E-state index contributed by atoms with van der Waals surface area (Å²) in [4.78, 5) is 0. The molecule has 0 aromatic carbocycles. The lowest BCUT2D eigenvalue weighted by Gasteiger charge is -2.22. The van der Waals surface area contributed by atoms with Gasteiger partial charge >= 0.3 is 0 Å². The van der Waals surface area contributed by atoms with E-state index in [-0.39, 0.29) is 0 Å². The molecule has 1 nitrogen and oxygen atoms in total. The first-order chi connectivity index (χ1) is 10.7. The van der Waals surface area contributed by atoms with Crippen molar-refractivity contribution in [2.24, 2.45) is 0 Å². The molecule has 0 bridgehead atoms. The Bertz CT molecular complexity index is 367. The first-order valence-electron chi connectivity index (χ1n) is 9.58. The molecule has 1 N–H and O–H groups in total. The fourth-order valence-electron chi connectivity index (χ4n) is 3.12. The Morgan fingerprint density at radius 2 is 1.64 bits per heavy atom. The van der Waals surface area contributed by atoms with Crippen LogP contribution in [0.15, 0.2) is 11.6 Å². The predicted molar refractivity (Wildman–Crippen MR) is 96.8 cm³/mol. The molecule has 1 aliphatic rings. The summed E-state index contributed by atoms with van der Waals surface area (Å²) in [6.07, 6.45) is 19.5. The van der Waals surface area contributed by atoms with E-state index in [1.165, 1.54) is 64.2 Å². The molecule has 1 unspecified atom stereocenters. The van der Waals surface area contributed by atoms with Crippen LogP contribution in [0, 0.1) is 11.8 Å². The van der Waals surface area contributed by atoms with Crippen molar-refractivity contribution in [1.29, 1.82) is 0 Å². The molecular formula is C21H36O. The topological polar surface area (TPSA) is 20.2 Å². The molecule has 1 atom stereocenters. The summed E-state index contributed by atoms with van der Waals surface area (Å²) in [5.41, 5.74) is 0.243. The predicted octanol–water partition coefficient (Wildman–Crippen LogP) is 6.16. The zero-order valence-electron chi connectivity index (χ0n) is 14.9. The van der Waals surface area contributed by atoms with E-state index in [0.717, 1.165) is 31.3 Å². The van der Waals surface area contributed by atoms with E-state index < -0.39 is 5.60 Å². The quantitative estimate of drug-likeness (QED) is 0.374. The van der Waals surface area contributed by atoms with Gasteiger partial charge in [-0.2, -0.15) is 0 Å². The van der Waals surface area contributed by atoms with Crippen LogP contribution in [0.2, 0.25) is 0 Å². The SMILES string of the molecule is CCCCCC#CC(C)(O)/C1=C/CCCCCCCCCC1. The van der Waals surface area contributed by atoms with Crippen molar-refractivity contribution in [3.05, 3.63) is 11.6 Å². The molecule has 0 amide bonds. The van der Waals surface area contributed by atoms with Crippen molar-refractivity contribution in [2.45, 2.75) is 109 Å². The maximum atomic E-state index is 10.8. The van der Waals surface area contributed by atoms with Crippen LogP contribution in [0.5, 0.6) is 0 Å². The third kappa shape index (κ3) is 8.64. The van der Waals surface area contributed by atoms with Crippen LogP contribution < -0.4 is 0 Å². The lowest BCUT2D eigenvalue weighted by Crippen LogP contribution is -2.25. The van der Waals surface area contributed by atoms with Gasteiger partial charge in [0, 0.05) is 6.42 Å². The minimum atomic E-state index is -0.920. The van der Waals surface area contributed by atoms with Gasteiger partial charge < -0.3 is 5.11 Å². The molecule has 0 saturated carbocycles. The van der Waals surface area contributed by atoms with E-state index in [1.54, 1.807) is 0 Å². The number of rotatable bonds is 4. The van der Waals surface area contributed by atoms with Crippen molar-refractivity contribution < 1.29 is 5.11 Å². The van der Waals surface area contributed by atoms with Crippen LogP contribution in [-0.2, 0) is 0 Å². The van der Waals surface area contributed by atoms with E-state index in [0.29, 0.717) is 0 Å². The van der Waals surface area contributed by atoms with Crippen LogP contribution in [0.4, 0.5) is 0 Å². The fourth-order valence-corrected chi connectivity index (χ4v) is 3.12. The maximum absolute atomic E-state index is 10.8. The third-order valence-corrected chi connectivity index (χ3v) is 4.65. The molecule has 0 spiro atoms. The van der Waals surface area contributed by atoms with Gasteiger partial charge in [-0.3, -0.25) is 0 Å². The van der Waals surface area contributed by atoms with E-state index in [1.807, 2.05) is 6.92 Å². The second-order valence-corrected chi connectivity index (χ2v) is 6.93. The number of hydrogen-bond donors (Lipinski definition) is 1. The van der Waals surface area contributed by atoms with Crippen molar-refractivity contribution in [3.63, 3.8) is 0 Å². The van der Waals surface area contributed by atoms with Gasteiger partial charge in [0.05, 0.1) is 0 Å². The van der Waals surface area contributed by atoms with Gasteiger partial charge in [0.25, 0.3) is 0 Å². The molecule has 0 aromatic heterocycles. The minimum absolute atomic E-state index is 0.914. The second-order valence-electron chi connectivity index (χ2n) is 6.93. The van der Waals surface area contributed by atoms with Crippen molar-refractivity contribution in [1.82, 2.24) is 0 Å². The van der Waals surface area contributed by atoms with Crippen LogP contribution in [-0.4, -0.2) is 10.7 Å². The van der Waals surface area contributed by atoms with Gasteiger partial charge in [-0.05, 0) is 44.6 Å². The highest BCUT2D eigenvalue weighted by molar-refractivity contribution is 5.29. The number of allylic oxidation sites excluding steroid dienone is 1. The molecule has 0 heterocycles. The van der Waals surface area contributed by atoms with E-state index in [2.05, 4.69) is 24.8 Å². The van der Waals surface area contributed by atoms with Crippen LogP contribution in [0.1, 0.15) is 104 Å². The molecule has 1 aliphatic carbocycles. The van der Waals surface area contributed by atoms with E-state index in [4.69, 9.17) is 0 Å². The monoisotopic (exact) mass is 304 g/mol. The summed E-state index contributed by atoms with van der Waals surface area (Å²) in [6, 6.07) is 0. The summed E-state index contributed by atoms with van der Waals surface area (Å²) in [5, 5.41) is 10.8. The average Bonchev–Trinajstić information content (AvgIpc) is 2.47. The summed E-state index contributed by atoms with van der Waals surface area (Å²) >= 11 is 0. The van der Waals surface area contributed by atoms with E-state index in [9.17, 15) is 5.11 Å². The Labute approximate surface area is 138 Å². The van der Waals surface area contributed by atoms with Crippen molar-refractivity contribution >= 4 is 0 Å². The first-order valence-corrected chi connectivity index (χ1v) is 9.58. The zero-order chi connectivity index (χ0) is 16.1. The van der Waals surface area contributed by atoms with Gasteiger partial charge in [0.15, 0.2) is 0 Å². The van der Waals surface area contributed by atoms with Gasteiger partial charge in [-0.25, -0.2) is 0 Å². The zero-order valence-corrected chi connectivity index (χ0v) is 14.9. The molecular weight excluding hydrogens is 268 g/mol. The van der Waals surface area contributed by atoms with Crippen molar-refractivity contribution in [2.75, 3.05) is 0 Å². The minimum Gasteiger partial charge on any atom is -0.374 e. The number of hydrogen-bond acceptors (Lipinski definition) is 1. The summed E-state index contributed by atoms with van der Waals surface area (Å²) in [7, 11) is 0. The smallest absolute Gasteiger partial charge is 0.144 e. The fraction of sp³-hybridized carbons (Fsp3) is 0.810. The normalized spacial score (nSPS) is 23.0. The molecule has 0 aromatic rings. The lowest BCUT2D eigenvalue weighted by molar-refractivity contribution is 0.155. The first kappa shape index (κ1) is 19.3. The molecule has 22 heavy (non-hydrogen) atoms. The molecule has 1 heteroatoms. The highest BCUT2D eigenvalue weighted by Crippen LogP contribution is 2.25. The second kappa shape index (κ2) is 11.8. The number of aliphatic hydroxyl groups is 1. The largest absolute Gasteiger partial charge is 0.374 e. The number of unbranched alkanes of at least 4 members (excludes halogenated alkanes) is 3. The van der Waals surface area contributed by atoms with Crippen LogP contribution >= 0.6 is 0 Å². The highest BCUT2D eigenvalue weighted by Gasteiger charge is 2.22. The molecule has 0 saturated heterocycles. The molecule has 0 aliphatic heterocycles. The van der Waals surface area contributed by atoms with Gasteiger partial charge in [0.2, 0.25) is 0 Å². The third-order valence-electron chi connectivity index (χ3n) is 4.65. The lowest BCUT2D eigenvalue weighted by atomic mass is 9.89.